The summed E-state index contributed by atoms with van der Waals surface area (Å²) in [5.74, 6) is -2.60. The highest BCUT2D eigenvalue weighted by Crippen LogP contribution is 2.40. The number of hydrogen-bond donors (Lipinski definition) is 1. The van der Waals surface area contributed by atoms with E-state index in [0.29, 0.717) is 11.6 Å². The van der Waals surface area contributed by atoms with E-state index in [0.717, 1.165) is 45.4 Å². The number of anilines is 1. The fraction of sp³-hybridized carbons (Fsp3) is 0.500. The molecule has 0 aliphatic carbocycles. The van der Waals surface area contributed by atoms with Crippen LogP contribution in [0.15, 0.2) is 23.3 Å². The van der Waals surface area contributed by atoms with Crippen LogP contribution in [0.5, 0.6) is 0 Å². The second kappa shape index (κ2) is 9.12. The van der Waals surface area contributed by atoms with Crippen molar-refractivity contribution in [2.75, 3.05) is 31.1 Å². The molecule has 168 valence electrons. The molecule has 0 radical (unpaired) electrons. The van der Waals surface area contributed by atoms with Crippen molar-refractivity contribution < 1.29 is 32.3 Å². The van der Waals surface area contributed by atoms with Crippen LogP contribution in [-0.2, 0) is 4.79 Å². The van der Waals surface area contributed by atoms with Gasteiger partial charge in [-0.2, -0.15) is 13.2 Å². The summed E-state index contributed by atoms with van der Waals surface area (Å²) in [6.07, 6.45) is 0.395. The Labute approximate surface area is 178 Å². The van der Waals surface area contributed by atoms with E-state index >= 15 is 0 Å². The van der Waals surface area contributed by atoms with Gasteiger partial charge in [0.05, 0.1) is 17.9 Å². The van der Waals surface area contributed by atoms with Gasteiger partial charge in [0.25, 0.3) is 5.91 Å². The quantitative estimate of drug-likeness (QED) is 0.687. The minimum atomic E-state index is -5.08. The molecule has 2 aromatic heterocycles. The molecule has 2 aliphatic rings. The van der Waals surface area contributed by atoms with E-state index in [1.54, 1.807) is 10.9 Å². The summed E-state index contributed by atoms with van der Waals surface area (Å²) in [6, 6.07) is 0. The number of piperidine rings is 1. The third kappa shape index (κ3) is 5.66. The molecule has 4 rings (SSSR count). The molecule has 2 fully saturated rings. The summed E-state index contributed by atoms with van der Waals surface area (Å²) in [4.78, 5) is 37.8. The number of carbonyl (C=O) groups is 2. The molecule has 31 heavy (non-hydrogen) atoms. The number of hydrogen-bond acceptors (Lipinski definition) is 7. The first-order chi connectivity index (χ1) is 14.6. The number of rotatable bonds is 2. The van der Waals surface area contributed by atoms with Gasteiger partial charge in [-0.05, 0) is 19.3 Å². The molecule has 1 amide bonds. The fourth-order valence-corrected chi connectivity index (χ4v) is 4.29. The lowest BCUT2D eigenvalue weighted by atomic mass is 9.79. The Hall–Kier alpha value is -2.83. The van der Waals surface area contributed by atoms with E-state index in [-0.39, 0.29) is 11.3 Å². The Bertz CT molecular complexity index is 910. The molecule has 1 spiro atoms. The molecule has 8 nitrogen and oxygen atoms in total. The van der Waals surface area contributed by atoms with Crippen molar-refractivity contribution in [2.45, 2.75) is 25.4 Å². The number of aliphatic carboxylic acids is 1. The van der Waals surface area contributed by atoms with E-state index in [1.807, 2.05) is 4.90 Å². The van der Waals surface area contributed by atoms with Gasteiger partial charge in [0, 0.05) is 37.0 Å². The molecule has 4 heterocycles. The Morgan fingerprint density at radius 2 is 1.77 bits per heavy atom. The van der Waals surface area contributed by atoms with Gasteiger partial charge in [-0.1, -0.05) is 0 Å². The zero-order chi connectivity index (χ0) is 22.6. The summed E-state index contributed by atoms with van der Waals surface area (Å²) in [5, 5.41) is 8.93. The van der Waals surface area contributed by atoms with Gasteiger partial charge in [0.2, 0.25) is 5.95 Å². The summed E-state index contributed by atoms with van der Waals surface area (Å²) in [6.45, 7) is 3.16. The third-order valence-corrected chi connectivity index (χ3v) is 5.76. The lowest BCUT2D eigenvalue weighted by molar-refractivity contribution is -0.192. The Kier molecular flexibility index (Phi) is 6.72. The first kappa shape index (κ1) is 22.8. The molecule has 13 heteroatoms. The number of carbonyl (C=O) groups excluding carboxylic acids is 1. The van der Waals surface area contributed by atoms with Crippen molar-refractivity contribution >= 4 is 29.2 Å². The number of carboxylic acids is 1. The van der Waals surface area contributed by atoms with Gasteiger partial charge in [-0.3, -0.25) is 4.79 Å². The molecular formula is C18H19F4N5O3S. The van der Waals surface area contributed by atoms with Gasteiger partial charge in [-0.25, -0.2) is 24.1 Å². The van der Waals surface area contributed by atoms with Crippen LogP contribution >= 0.6 is 11.3 Å². The highest BCUT2D eigenvalue weighted by atomic mass is 32.1. The Balaban J connectivity index is 0.000000339. The van der Waals surface area contributed by atoms with Crippen molar-refractivity contribution in [3.8, 4) is 0 Å². The fourth-order valence-electron chi connectivity index (χ4n) is 3.77. The molecule has 0 saturated carbocycles. The Morgan fingerprint density at radius 1 is 1.10 bits per heavy atom. The molecule has 2 saturated heterocycles. The maximum absolute atomic E-state index is 13.0. The molecule has 2 aliphatic heterocycles. The van der Waals surface area contributed by atoms with E-state index in [9.17, 15) is 22.4 Å². The van der Waals surface area contributed by atoms with Crippen molar-refractivity contribution in [1.29, 1.82) is 0 Å². The minimum Gasteiger partial charge on any atom is -0.475 e. The molecule has 0 bridgehead atoms. The average Bonchev–Trinajstić information content (AvgIpc) is 3.39. The summed E-state index contributed by atoms with van der Waals surface area (Å²) in [7, 11) is 0. The van der Waals surface area contributed by atoms with Gasteiger partial charge >= 0.3 is 12.1 Å². The number of alkyl halides is 3. The lowest BCUT2D eigenvalue weighted by Crippen LogP contribution is -2.47. The maximum Gasteiger partial charge on any atom is 0.490 e. The van der Waals surface area contributed by atoms with Crippen LogP contribution in [0.4, 0.5) is 23.5 Å². The van der Waals surface area contributed by atoms with Crippen molar-refractivity contribution in [3.63, 3.8) is 0 Å². The SMILES string of the molecule is O=C(O)C(F)(F)F.O=C(c1cscn1)N1CCCC2(CCN(c3ncc(F)cn3)C2)C1. The smallest absolute Gasteiger partial charge is 0.475 e. The van der Waals surface area contributed by atoms with Crippen LogP contribution in [0.25, 0.3) is 0 Å². The van der Waals surface area contributed by atoms with Crippen LogP contribution < -0.4 is 4.90 Å². The highest BCUT2D eigenvalue weighted by molar-refractivity contribution is 7.07. The summed E-state index contributed by atoms with van der Waals surface area (Å²) in [5.41, 5.74) is 2.30. The van der Waals surface area contributed by atoms with Gasteiger partial charge in [0.15, 0.2) is 5.82 Å². The molecule has 0 aromatic carbocycles. The first-order valence-corrected chi connectivity index (χ1v) is 10.2. The molecule has 2 aromatic rings. The zero-order valence-corrected chi connectivity index (χ0v) is 17.0. The minimum absolute atomic E-state index is 0.0202. The molecule has 1 N–H and O–H groups in total. The van der Waals surface area contributed by atoms with Gasteiger partial charge in [-0.15, -0.1) is 11.3 Å². The summed E-state index contributed by atoms with van der Waals surface area (Å²) >= 11 is 1.44. The zero-order valence-electron chi connectivity index (χ0n) is 16.2. The van der Waals surface area contributed by atoms with Gasteiger partial charge < -0.3 is 14.9 Å². The number of likely N-dealkylation sites (tertiary alicyclic amines) is 1. The summed E-state index contributed by atoms with van der Waals surface area (Å²) < 4.78 is 44.7. The van der Waals surface area contributed by atoms with Crippen LogP contribution in [-0.4, -0.2) is 69.2 Å². The number of nitrogens with zero attached hydrogens (tertiary/aromatic N) is 5. The van der Waals surface area contributed by atoms with Crippen LogP contribution in [0.2, 0.25) is 0 Å². The second-order valence-electron chi connectivity index (χ2n) is 7.38. The van der Waals surface area contributed by atoms with E-state index in [4.69, 9.17) is 9.90 Å². The van der Waals surface area contributed by atoms with E-state index < -0.39 is 18.0 Å². The lowest BCUT2D eigenvalue weighted by Gasteiger charge is -2.40. The molecule has 1 unspecified atom stereocenters. The predicted octanol–water partition coefficient (Wildman–Crippen LogP) is 2.84. The maximum atomic E-state index is 13.0. The van der Waals surface area contributed by atoms with E-state index in [2.05, 4.69) is 19.9 Å². The Morgan fingerprint density at radius 3 is 2.35 bits per heavy atom. The topological polar surface area (TPSA) is 99.5 Å². The van der Waals surface area contributed by atoms with Crippen molar-refractivity contribution in [1.82, 2.24) is 19.9 Å². The number of aromatic nitrogens is 3. The van der Waals surface area contributed by atoms with E-state index in [1.165, 1.54) is 23.7 Å². The highest BCUT2D eigenvalue weighted by Gasteiger charge is 2.43. The number of thiazole rings is 1. The van der Waals surface area contributed by atoms with Crippen molar-refractivity contribution in [2.24, 2.45) is 5.41 Å². The standard InChI is InChI=1S/C16H18FN5OS.C2HF3O2/c17-12-6-18-15(19-7-12)22-5-3-16(10-22)2-1-4-21(9-16)14(23)13-8-24-11-20-13;3-2(4,5)1(6)7/h6-8,11H,1-5,9-10H2;(H,6,7). The van der Waals surface area contributed by atoms with Crippen LogP contribution in [0, 0.1) is 11.2 Å². The predicted molar refractivity (Wildman–Crippen MR) is 102 cm³/mol. The first-order valence-electron chi connectivity index (χ1n) is 9.30. The number of halogens is 4. The second-order valence-corrected chi connectivity index (χ2v) is 8.10. The number of carboxylic acid groups (broad SMARTS) is 1. The van der Waals surface area contributed by atoms with Crippen LogP contribution in [0.1, 0.15) is 29.8 Å². The molecule has 1 atom stereocenters. The normalized spacial score (nSPS) is 21.0. The monoisotopic (exact) mass is 461 g/mol. The van der Waals surface area contributed by atoms with Crippen molar-refractivity contribution in [3.05, 3.63) is 34.8 Å². The van der Waals surface area contributed by atoms with Gasteiger partial charge in [0.1, 0.15) is 5.69 Å². The average molecular weight is 461 g/mol. The molecular weight excluding hydrogens is 442 g/mol. The largest absolute Gasteiger partial charge is 0.490 e. The van der Waals surface area contributed by atoms with Crippen LogP contribution in [0.3, 0.4) is 0 Å². The third-order valence-electron chi connectivity index (χ3n) is 5.17. The number of amides is 1.